The summed E-state index contributed by atoms with van der Waals surface area (Å²) >= 11 is 0. The van der Waals surface area contributed by atoms with Crippen LogP contribution in [0.1, 0.15) is 23.2 Å². The number of carbonyl (C=O) groups excluding carboxylic acids is 2. The van der Waals surface area contributed by atoms with Crippen molar-refractivity contribution >= 4 is 24.2 Å². The lowest BCUT2D eigenvalue weighted by Gasteiger charge is -2.41. The van der Waals surface area contributed by atoms with Crippen LogP contribution < -0.4 is 5.32 Å². The Labute approximate surface area is 141 Å². The summed E-state index contributed by atoms with van der Waals surface area (Å²) in [5.74, 6) is -0.472. The van der Waals surface area contributed by atoms with Crippen LogP contribution in [0.15, 0.2) is 24.3 Å². The first kappa shape index (κ1) is 17.7. The third-order valence-electron chi connectivity index (χ3n) is 4.32. The molecule has 2 amide bonds. The largest absolute Gasteiger partial charge is 0.337 e. The lowest BCUT2D eigenvalue weighted by molar-refractivity contribution is -0.135. The number of amides is 2. The molecular weight excluding hydrogens is 321 g/mol. The van der Waals surface area contributed by atoms with Crippen molar-refractivity contribution in [3.8, 4) is 0 Å². The van der Waals surface area contributed by atoms with Crippen molar-refractivity contribution in [2.24, 2.45) is 0 Å². The van der Waals surface area contributed by atoms with Gasteiger partial charge in [0.15, 0.2) is 0 Å². The molecule has 0 saturated carbocycles. The number of piperidine rings is 1. The molecule has 1 unspecified atom stereocenters. The summed E-state index contributed by atoms with van der Waals surface area (Å²) in [5.41, 5.74) is 0.368. The average Bonchev–Trinajstić information content (AvgIpc) is 2.55. The van der Waals surface area contributed by atoms with Gasteiger partial charge in [0.05, 0.1) is 6.54 Å². The summed E-state index contributed by atoms with van der Waals surface area (Å²) in [6.07, 6.45) is 1.78. The maximum atomic E-state index is 13.3. The Morgan fingerprint density at radius 2 is 2.13 bits per heavy atom. The summed E-state index contributed by atoms with van der Waals surface area (Å²) in [5, 5.41) is 3.06. The zero-order valence-electron chi connectivity index (χ0n) is 12.8. The van der Waals surface area contributed by atoms with Crippen LogP contribution in [0.25, 0.3) is 0 Å². The van der Waals surface area contributed by atoms with Gasteiger partial charge in [0, 0.05) is 37.8 Å². The molecule has 2 aliphatic heterocycles. The van der Waals surface area contributed by atoms with E-state index in [4.69, 9.17) is 0 Å². The fraction of sp³-hybridized carbons (Fsp3) is 0.500. The Morgan fingerprint density at radius 3 is 2.87 bits per heavy atom. The van der Waals surface area contributed by atoms with Gasteiger partial charge in [0.25, 0.3) is 5.91 Å². The average molecular weight is 342 g/mol. The minimum Gasteiger partial charge on any atom is -0.337 e. The van der Waals surface area contributed by atoms with Crippen LogP contribution in [0.2, 0.25) is 0 Å². The number of nitrogens with zero attached hydrogens (tertiary/aromatic N) is 2. The number of likely N-dealkylation sites (tertiary alicyclic amines) is 1. The smallest absolute Gasteiger partial charge is 0.254 e. The number of carbonyl (C=O) groups is 2. The molecule has 5 nitrogen and oxygen atoms in total. The Kier molecular flexibility index (Phi) is 5.96. The molecular formula is C16H21ClFN3O2. The van der Waals surface area contributed by atoms with Gasteiger partial charge in [-0.1, -0.05) is 6.07 Å². The summed E-state index contributed by atoms with van der Waals surface area (Å²) < 4.78 is 13.3. The van der Waals surface area contributed by atoms with Crippen molar-refractivity contribution in [1.82, 2.24) is 15.1 Å². The highest BCUT2D eigenvalue weighted by Gasteiger charge is 2.31. The van der Waals surface area contributed by atoms with E-state index in [0.717, 1.165) is 19.4 Å². The van der Waals surface area contributed by atoms with E-state index in [1.807, 2.05) is 4.90 Å². The molecule has 2 fully saturated rings. The molecule has 0 aromatic heterocycles. The number of hydrogen-bond donors (Lipinski definition) is 1. The van der Waals surface area contributed by atoms with Gasteiger partial charge in [-0.3, -0.25) is 9.59 Å². The van der Waals surface area contributed by atoms with Crippen molar-refractivity contribution in [3.05, 3.63) is 35.6 Å². The third-order valence-corrected chi connectivity index (χ3v) is 4.32. The van der Waals surface area contributed by atoms with Crippen molar-refractivity contribution in [3.63, 3.8) is 0 Å². The minimum atomic E-state index is -0.406. The van der Waals surface area contributed by atoms with E-state index >= 15 is 0 Å². The number of nitrogens with one attached hydrogen (secondary N) is 1. The molecule has 0 aliphatic carbocycles. The van der Waals surface area contributed by atoms with E-state index in [1.165, 1.54) is 12.1 Å². The highest BCUT2D eigenvalue weighted by Crippen LogP contribution is 2.19. The maximum Gasteiger partial charge on any atom is 0.254 e. The molecule has 1 N–H and O–H groups in total. The zero-order chi connectivity index (χ0) is 15.5. The second kappa shape index (κ2) is 7.75. The summed E-state index contributed by atoms with van der Waals surface area (Å²) in [7, 11) is 0. The minimum absolute atomic E-state index is 0. The lowest BCUT2D eigenvalue weighted by Crippen LogP contribution is -2.57. The van der Waals surface area contributed by atoms with E-state index in [2.05, 4.69) is 5.32 Å². The normalized spacial score (nSPS) is 21.8. The monoisotopic (exact) mass is 341 g/mol. The van der Waals surface area contributed by atoms with Crippen LogP contribution >= 0.6 is 12.4 Å². The standard InChI is InChI=1S/C16H20FN3O2.ClH/c17-13-4-1-3-12(9-13)16(22)19-7-2-5-14(11-19)20-8-6-18-10-15(20)21;/h1,3-4,9,14,18H,2,5-8,10-11H2;1H. The Hall–Kier alpha value is -1.66. The van der Waals surface area contributed by atoms with Crippen LogP contribution in [0.3, 0.4) is 0 Å². The first-order valence-electron chi connectivity index (χ1n) is 7.70. The molecule has 0 bridgehead atoms. The van der Waals surface area contributed by atoms with Gasteiger partial charge >= 0.3 is 0 Å². The molecule has 1 aromatic rings. The molecule has 1 atom stereocenters. The number of benzene rings is 1. The van der Waals surface area contributed by atoms with Crippen LogP contribution in [-0.2, 0) is 4.79 Å². The van der Waals surface area contributed by atoms with Crippen molar-refractivity contribution in [2.45, 2.75) is 18.9 Å². The van der Waals surface area contributed by atoms with Crippen LogP contribution in [-0.4, -0.2) is 60.4 Å². The fourth-order valence-electron chi connectivity index (χ4n) is 3.20. The van der Waals surface area contributed by atoms with Crippen molar-refractivity contribution in [1.29, 1.82) is 0 Å². The molecule has 126 valence electrons. The quantitative estimate of drug-likeness (QED) is 0.881. The van der Waals surface area contributed by atoms with Gasteiger partial charge in [0.2, 0.25) is 5.91 Å². The van der Waals surface area contributed by atoms with Gasteiger partial charge in [-0.2, -0.15) is 0 Å². The highest BCUT2D eigenvalue weighted by atomic mass is 35.5. The second-order valence-corrected chi connectivity index (χ2v) is 5.82. The van der Waals surface area contributed by atoms with Gasteiger partial charge in [0.1, 0.15) is 5.82 Å². The van der Waals surface area contributed by atoms with E-state index in [-0.39, 0.29) is 30.3 Å². The highest BCUT2D eigenvalue weighted by molar-refractivity contribution is 5.94. The van der Waals surface area contributed by atoms with Crippen molar-refractivity contribution in [2.75, 3.05) is 32.7 Å². The second-order valence-electron chi connectivity index (χ2n) is 5.82. The van der Waals surface area contributed by atoms with E-state index in [9.17, 15) is 14.0 Å². The molecule has 0 spiro atoms. The topological polar surface area (TPSA) is 52.7 Å². The number of halogens is 2. The molecule has 0 radical (unpaired) electrons. The molecule has 2 aliphatic rings. The first-order valence-corrected chi connectivity index (χ1v) is 7.70. The zero-order valence-corrected chi connectivity index (χ0v) is 13.7. The Bertz CT molecular complexity index is 584. The number of piperazine rings is 1. The van der Waals surface area contributed by atoms with E-state index in [0.29, 0.717) is 31.7 Å². The predicted octanol–water partition coefficient (Wildman–Crippen LogP) is 1.28. The Morgan fingerprint density at radius 1 is 1.30 bits per heavy atom. The van der Waals surface area contributed by atoms with Crippen LogP contribution in [0.4, 0.5) is 4.39 Å². The first-order chi connectivity index (χ1) is 10.6. The molecule has 3 rings (SSSR count). The van der Waals surface area contributed by atoms with Crippen LogP contribution in [0.5, 0.6) is 0 Å². The van der Waals surface area contributed by atoms with Gasteiger partial charge < -0.3 is 15.1 Å². The molecule has 2 saturated heterocycles. The van der Waals surface area contributed by atoms with Crippen LogP contribution in [0, 0.1) is 5.82 Å². The SMILES string of the molecule is Cl.O=C(c1cccc(F)c1)N1CCCC(N2CCNCC2=O)C1. The molecule has 2 heterocycles. The number of rotatable bonds is 2. The molecule has 1 aromatic carbocycles. The van der Waals surface area contributed by atoms with Crippen molar-refractivity contribution < 1.29 is 14.0 Å². The predicted molar refractivity (Wildman–Crippen MR) is 87.2 cm³/mol. The van der Waals surface area contributed by atoms with E-state index < -0.39 is 5.82 Å². The fourth-order valence-corrected chi connectivity index (χ4v) is 3.20. The molecule has 23 heavy (non-hydrogen) atoms. The summed E-state index contributed by atoms with van der Waals surface area (Å²) in [6, 6.07) is 5.84. The van der Waals surface area contributed by atoms with Gasteiger partial charge in [-0.15, -0.1) is 12.4 Å². The van der Waals surface area contributed by atoms with Gasteiger partial charge in [-0.05, 0) is 31.0 Å². The van der Waals surface area contributed by atoms with E-state index in [1.54, 1.807) is 17.0 Å². The summed E-state index contributed by atoms with van der Waals surface area (Å²) in [4.78, 5) is 28.1. The molecule has 7 heteroatoms. The number of hydrogen-bond acceptors (Lipinski definition) is 3. The Balaban J connectivity index is 0.00000192. The van der Waals surface area contributed by atoms with Gasteiger partial charge in [-0.25, -0.2) is 4.39 Å². The maximum absolute atomic E-state index is 13.3. The summed E-state index contributed by atoms with van der Waals surface area (Å²) in [6.45, 7) is 3.03. The third kappa shape index (κ3) is 4.00. The lowest BCUT2D eigenvalue weighted by atomic mass is 10.0.